The van der Waals surface area contributed by atoms with Gasteiger partial charge < -0.3 is 14.2 Å². The van der Waals surface area contributed by atoms with E-state index < -0.39 is 0 Å². The largest absolute Gasteiger partial charge is 0.493 e. The van der Waals surface area contributed by atoms with E-state index in [1.165, 1.54) is 49.7 Å². The molecule has 1 aromatic carbocycles. The molecular formula is C24H36O3. The highest BCUT2D eigenvalue weighted by atomic mass is 16.5. The maximum atomic E-state index is 6.04. The number of aryl methyl sites for hydroxylation is 1. The third-order valence-electron chi connectivity index (χ3n) is 7.96. The van der Waals surface area contributed by atoms with Gasteiger partial charge >= 0.3 is 0 Å². The number of benzene rings is 1. The van der Waals surface area contributed by atoms with Crippen molar-refractivity contribution in [2.24, 2.45) is 17.3 Å². The second kappa shape index (κ2) is 7.66. The molecule has 150 valence electrons. The summed E-state index contributed by atoms with van der Waals surface area (Å²) >= 11 is 0. The van der Waals surface area contributed by atoms with Crippen molar-refractivity contribution in [2.45, 2.75) is 77.2 Å². The first-order valence-corrected chi connectivity index (χ1v) is 11.0. The molecule has 3 unspecified atom stereocenters. The van der Waals surface area contributed by atoms with Crippen molar-refractivity contribution >= 4 is 0 Å². The van der Waals surface area contributed by atoms with E-state index in [-0.39, 0.29) is 0 Å². The van der Waals surface area contributed by atoms with Crippen molar-refractivity contribution < 1.29 is 14.2 Å². The van der Waals surface area contributed by atoms with Crippen molar-refractivity contribution in [2.75, 3.05) is 20.8 Å². The molecule has 0 amide bonds. The van der Waals surface area contributed by atoms with Crippen molar-refractivity contribution in [3.63, 3.8) is 0 Å². The second-order valence-electron chi connectivity index (χ2n) is 9.17. The number of hydrogen-bond donors (Lipinski definition) is 0. The van der Waals surface area contributed by atoms with Gasteiger partial charge in [0.05, 0.1) is 19.8 Å². The van der Waals surface area contributed by atoms with Gasteiger partial charge in [0, 0.05) is 7.11 Å². The van der Waals surface area contributed by atoms with Gasteiger partial charge in [0.1, 0.15) is 0 Å². The lowest BCUT2D eigenvalue weighted by Gasteiger charge is -2.50. The van der Waals surface area contributed by atoms with Crippen molar-refractivity contribution in [1.29, 1.82) is 0 Å². The van der Waals surface area contributed by atoms with E-state index in [1.807, 2.05) is 7.11 Å². The molecular weight excluding hydrogens is 336 g/mol. The molecule has 3 heteroatoms. The lowest BCUT2D eigenvalue weighted by Crippen LogP contribution is -2.44. The Morgan fingerprint density at radius 2 is 1.93 bits per heavy atom. The summed E-state index contributed by atoms with van der Waals surface area (Å²) in [6, 6.07) is 4.58. The summed E-state index contributed by atoms with van der Waals surface area (Å²) in [5.74, 6) is 4.14. The standard InChI is InChI=1S/C24H36O3/c1-5-6-13-27-22-14-16-7-8-18-17(19(16)15-21(22)25-3)11-12-24(2)20(18)9-10-23(24)26-4/h14-15,17-18,20,23H,5-13H2,1-4H3/t17?,18?,20?,23-,24-/m0/s1. The van der Waals surface area contributed by atoms with E-state index in [1.54, 1.807) is 7.11 Å². The minimum absolute atomic E-state index is 0.376. The molecule has 2 fully saturated rings. The van der Waals surface area contributed by atoms with Crippen LogP contribution in [-0.4, -0.2) is 26.9 Å². The molecule has 3 aliphatic rings. The van der Waals surface area contributed by atoms with Crippen LogP contribution in [0.5, 0.6) is 11.5 Å². The maximum Gasteiger partial charge on any atom is 0.161 e. The molecule has 0 aromatic heterocycles. The Labute approximate surface area is 164 Å². The van der Waals surface area contributed by atoms with Gasteiger partial charge in [-0.2, -0.15) is 0 Å². The van der Waals surface area contributed by atoms with Crippen LogP contribution in [0.25, 0.3) is 0 Å². The number of unbranched alkanes of at least 4 members (excludes halogenated alkanes) is 1. The van der Waals surface area contributed by atoms with Crippen LogP contribution in [0.1, 0.15) is 75.8 Å². The molecule has 2 saturated carbocycles. The average molecular weight is 373 g/mol. The van der Waals surface area contributed by atoms with Crippen LogP contribution >= 0.6 is 0 Å². The van der Waals surface area contributed by atoms with Crippen molar-refractivity contribution in [3.8, 4) is 11.5 Å². The first-order valence-electron chi connectivity index (χ1n) is 11.0. The van der Waals surface area contributed by atoms with Crippen LogP contribution < -0.4 is 9.47 Å². The summed E-state index contributed by atoms with van der Waals surface area (Å²) in [6.45, 7) is 5.47. The molecule has 3 aliphatic carbocycles. The molecule has 0 radical (unpaired) electrons. The third-order valence-corrected chi connectivity index (χ3v) is 7.96. The molecule has 0 spiro atoms. The molecule has 1 aromatic rings. The summed E-state index contributed by atoms with van der Waals surface area (Å²) in [5, 5.41) is 0. The van der Waals surface area contributed by atoms with Crippen LogP contribution in [0, 0.1) is 17.3 Å². The summed E-state index contributed by atoms with van der Waals surface area (Å²) in [7, 11) is 3.68. The Morgan fingerprint density at radius 3 is 2.67 bits per heavy atom. The fourth-order valence-corrected chi connectivity index (χ4v) is 6.52. The van der Waals surface area contributed by atoms with Crippen LogP contribution in [0.4, 0.5) is 0 Å². The lowest BCUT2D eigenvalue weighted by atomic mass is 9.55. The highest BCUT2D eigenvalue weighted by molar-refractivity contribution is 5.50. The number of hydrogen-bond acceptors (Lipinski definition) is 3. The summed E-state index contributed by atoms with van der Waals surface area (Å²) in [6.07, 6.45) is 10.3. The fraction of sp³-hybridized carbons (Fsp3) is 0.750. The van der Waals surface area contributed by atoms with Gasteiger partial charge in [0.2, 0.25) is 0 Å². The number of methoxy groups -OCH3 is 2. The lowest BCUT2D eigenvalue weighted by molar-refractivity contribution is -0.0444. The highest BCUT2D eigenvalue weighted by Crippen LogP contribution is 2.61. The quantitative estimate of drug-likeness (QED) is 0.596. The van der Waals surface area contributed by atoms with Gasteiger partial charge in [-0.25, -0.2) is 0 Å². The third kappa shape index (κ3) is 3.16. The topological polar surface area (TPSA) is 27.7 Å². The van der Waals surface area contributed by atoms with E-state index in [4.69, 9.17) is 14.2 Å². The average Bonchev–Trinajstić information content (AvgIpc) is 3.03. The van der Waals surface area contributed by atoms with E-state index in [0.717, 1.165) is 42.8 Å². The zero-order chi connectivity index (χ0) is 19.0. The van der Waals surface area contributed by atoms with E-state index >= 15 is 0 Å². The Hall–Kier alpha value is -1.22. The normalized spacial score (nSPS) is 34.5. The van der Waals surface area contributed by atoms with Gasteiger partial charge in [0.15, 0.2) is 11.5 Å². The molecule has 27 heavy (non-hydrogen) atoms. The molecule has 0 saturated heterocycles. The van der Waals surface area contributed by atoms with Gasteiger partial charge in [-0.15, -0.1) is 0 Å². The summed E-state index contributed by atoms with van der Waals surface area (Å²) in [4.78, 5) is 0. The SMILES string of the molecule is CCCCOc1cc2c(cc1OC)C1CC[C@@]3(C)C(CC[C@@H]3OC)C1CC2. The predicted molar refractivity (Wildman–Crippen MR) is 109 cm³/mol. The summed E-state index contributed by atoms with van der Waals surface area (Å²) in [5.41, 5.74) is 3.41. The Bertz CT molecular complexity index is 670. The molecule has 4 rings (SSSR count). The van der Waals surface area contributed by atoms with Crippen LogP contribution in [0.15, 0.2) is 12.1 Å². The Kier molecular flexibility index (Phi) is 5.42. The molecule has 3 nitrogen and oxygen atoms in total. The number of ether oxygens (including phenoxy) is 3. The van der Waals surface area contributed by atoms with Gasteiger partial charge in [0.25, 0.3) is 0 Å². The molecule has 0 aliphatic heterocycles. The van der Waals surface area contributed by atoms with E-state index in [2.05, 4.69) is 26.0 Å². The van der Waals surface area contributed by atoms with Crippen molar-refractivity contribution in [1.82, 2.24) is 0 Å². The van der Waals surface area contributed by atoms with E-state index in [0.29, 0.717) is 17.4 Å². The summed E-state index contributed by atoms with van der Waals surface area (Å²) < 4.78 is 17.7. The molecule has 5 atom stereocenters. The number of rotatable bonds is 6. The van der Waals surface area contributed by atoms with Gasteiger partial charge in [-0.3, -0.25) is 0 Å². The van der Waals surface area contributed by atoms with E-state index in [9.17, 15) is 0 Å². The number of fused-ring (bicyclic) bond motifs is 5. The zero-order valence-corrected chi connectivity index (χ0v) is 17.6. The fourth-order valence-electron chi connectivity index (χ4n) is 6.52. The minimum atomic E-state index is 0.376. The Morgan fingerprint density at radius 1 is 1.07 bits per heavy atom. The van der Waals surface area contributed by atoms with Crippen LogP contribution in [0.2, 0.25) is 0 Å². The second-order valence-corrected chi connectivity index (χ2v) is 9.17. The Balaban J connectivity index is 1.61. The highest BCUT2D eigenvalue weighted by Gasteiger charge is 2.55. The first-order chi connectivity index (χ1) is 13.1. The predicted octanol–water partition coefficient (Wildman–Crippen LogP) is 5.75. The molecule has 0 heterocycles. The first kappa shape index (κ1) is 19.1. The van der Waals surface area contributed by atoms with Crippen molar-refractivity contribution in [3.05, 3.63) is 23.3 Å². The van der Waals surface area contributed by atoms with Crippen LogP contribution in [-0.2, 0) is 11.2 Å². The van der Waals surface area contributed by atoms with Crippen LogP contribution in [0.3, 0.4) is 0 Å². The molecule has 0 bridgehead atoms. The minimum Gasteiger partial charge on any atom is -0.493 e. The monoisotopic (exact) mass is 372 g/mol. The zero-order valence-electron chi connectivity index (χ0n) is 17.6. The smallest absolute Gasteiger partial charge is 0.161 e. The van der Waals surface area contributed by atoms with Gasteiger partial charge in [-0.05, 0) is 91.4 Å². The maximum absolute atomic E-state index is 6.04. The molecule has 0 N–H and O–H groups in total. The van der Waals surface area contributed by atoms with Gasteiger partial charge in [-0.1, -0.05) is 20.3 Å².